The topological polar surface area (TPSA) is 49.3 Å². The number of carbonyl (C=O) groups excluding carboxylic acids is 1. The predicted molar refractivity (Wildman–Crippen MR) is 53.4 cm³/mol. The van der Waals surface area contributed by atoms with Crippen molar-refractivity contribution in [3.63, 3.8) is 0 Å². The lowest BCUT2D eigenvalue weighted by atomic mass is 9.92. The average molecular weight is 191 g/mol. The molecule has 3 heteroatoms. The van der Waals surface area contributed by atoms with E-state index >= 15 is 0 Å². The van der Waals surface area contributed by atoms with Gasteiger partial charge in [0.05, 0.1) is 6.04 Å². The quantitative estimate of drug-likeness (QED) is 0.653. The number of phenolic OH excluding ortho intramolecular Hbond substituents is 1. The van der Waals surface area contributed by atoms with Crippen LogP contribution in [-0.2, 0) is 11.2 Å². The Kier molecular flexibility index (Phi) is 2.25. The molecule has 0 amide bonds. The SMILES string of the molecule is Cc1ccc2c(c1O)CCNC2C=O. The van der Waals surface area contributed by atoms with Gasteiger partial charge in [-0.2, -0.15) is 0 Å². The van der Waals surface area contributed by atoms with E-state index in [4.69, 9.17) is 0 Å². The third-order valence-electron chi connectivity index (χ3n) is 2.73. The predicted octanol–water partition coefficient (Wildman–Crippen LogP) is 1.09. The normalized spacial score (nSPS) is 20.2. The molecule has 0 spiro atoms. The Labute approximate surface area is 82.8 Å². The Balaban J connectivity index is 2.55. The van der Waals surface area contributed by atoms with Crippen LogP contribution in [-0.4, -0.2) is 17.9 Å². The van der Waals surface area contributed by atoms with E-state index in [2.05, 4.69) is 5.32 Å². The maximum atomic E-state index is 10.8. The molecule has 1 aliphatic heterocycles. The molecule has 0 aromatic heterocycles. The molecule has 3 nitrogen and oxygen atoms in total. The van der Waals surface area contributed by atoms with Gasteiger partial charge < -0.3 is 15.2 Å². The zero-order valence-electron chi connectivity index (χ0n) is 8.08. The summed E-state index contributed by atoms with van der Waals surface area (Å²) in [5.41, 5.74) is 2.70. The fourth-order valence-electron chi connectivity index (χ4n) is 1.91. The van der Waals surface area contributed by atoms with Crippen LogP contribution in [0, 0.1) is 6.92 Å². The van der Waals surface area contributed by atoms with Crippen molar-refractivity contribution < 1.29 is 9.90 Å². The van der Waals surface area contributed by atoms with E-state index in [1.807, 2.05) is 19.1 Å². The number of hydrogen-bond donors (Lipinski definition) is 2. The molecule has 2 N–H and O–H groups in total. The first kappa shape index (κ1) is 9.21. The molecule has 0 aliphatic carbocycles. The van der Waals surface area contributed by atoms with Gasteiger partial charge in [-0.1, -0.05) is 12.1 Å². The number of aromatic hydroxyl groups is 1. The van der Waals surface area contributed by atoms with Crippen molar-refractivity contribution in [1.82, 2.24) is 5.32 Å². The summed E-state index contributed by atoms with van der Waals surface area (Å²) in [4.78, 5) is 10.8. The number of rotatable bonds is 1. The highest BCUT2D eigenvalue weighted by Crippen LogP contribution is 2.31. The Hall–Kier alpha value is -1.35. The third-order valence-corrected chi connectivity index (χ3v) is 2.73. The minimum Gasteiger partial charge on any atom is -0.507 e. The summed E-state index contributed by atoms with van der Waals surface area (Å²) < 4.78 is 0. The van der Waals surface area contributed by atoms with Crippen molar-refractivity contribution in [3.05, 3.63) is 28.8 Å². The van der Waals surface area contributed by atoms with Gasteiger partial charge in [-0.05, 0) is 24.5 Å². The number of aryl methyl sites for hydroxylation is 1. The summed E-state index contributed by atoms with van der Waals surface area (Å²) >= 11 is 0. The Morgan fingerprint density at radius 2 is 2.36 bits per heavy atom. The molecule has 74 valence electrons. The van der Waals surface area contributed by atoms with Gasteiger partial charge in [0.1, 0.15) is 12.0 Å². The molecule has 1 atom stereocenters. The molecule has 1 aromatic rings. The fraction of sp³-hybridized carbons (Fsp3) is 0.364. The van der Waals surface area contributed by atoms with Crippen molar-refractivity contribution in [2.75, 3.05) is 6.54 Å². The van der Waals surface area contributed by atoms with E-state index in [1.165, 1.54) is 0 Å². The highest BCUT2D eigenvalue weighted by Gasteiger charge is 2.21. The summed E-state index contributed by atoms with van der Waals surface area (Å²) in [6.07, 6.45) is 1.67. The van der Waals surface area contributed by atoms with Crippen molar-refractivity contribution in [1.29, 1.82) is 0 Å². The first-order valence-electron chi connectivity index (χ1n) is 4.74. The second kappa shape index (κ2) is 3.42. The van der Waals surface area contributed by atoms with Crippen LogP contribution in [0.3, 0.4) is 0 Å². The number of phenols is 1. The van der Waals surface area contributed by atoms with E-state index in [1.54, 1.807) is 0 Å². The van der Waals surface area contributed by atoms with Crippen molar-refractivity contribution in [3.8, 4) is 5.75 Å². The monoisotopic (exact) mass is 191 g/mol. The van der Waals surface area contributed by atoms with Gasteiger partial charge in [-0.3, -0.25) is 0 Å². The summed E-state index contributed by atoms with van der Waals surface area (Å²) in [5.74, 6) is 0.343. The minimum atomic E-state index is -0.259. The highest BCUT2D eigenvalue weighted by molar-refractivity contribution is 5.65. The summed E-state index contributed by atoms with van der Waals surface area (Å²) in [5, 5.41) is 12.9. The van der Waals surface area contributed by atoms with Gasteiger partial charge in [0, 0.05) is 12.1 Å². The second-order valence-corrected chi connectivity index (χ2v) is 3.62. The van der Waals surface area contributed by atoms with Crippen molar-refractivity contribution in [2.24, 2.45) is 0 Å². The Morgan fingerprint density at radius 3 is 3.07 bits per heavy atom. The summed E-state index contributed by atoms with van der Waals surface area (Å²) in [7, 11) is 0. The molecular weight excluding hydrogens is 178 g/mol. The summed E-state index contributed by atoms with van der Waals surface area (Å²) in [6, 6.07) is 3.50. The van der Waals surface area contributed by atoms with Crippen LogP contribution in [0.5, 0.6) is 5.75 Å². The first-order chi connectivity index (χ1) is 6.74. The number of nitrogens with one attached hydrogen (secondary N) is 1. The van der Waals surface area contributed by atoms with Gasteiger partial charge in [0.2, 0.25) is 0 Å². The van der Waals surface area contributed by atoms with Gasteiger partial charge >= 0.3 is 0 Å². The number of benzene rings is 1. The number of hydrogen-bond acceptors (Lipinski definition) is 3. The molecule has 0 radical (unpaired) electrons. The molecular formula is C11H13NO2. The minimum absolute atomic E-state index is 0.259. The van der Waals surface area contributed by atoms with Gasteiger partial charge in [-0.25, -0.2) is 0 Å². The van der Waals surface area contributed by atoms with E-state index in [9.17, 15) is 9.90 Å². The molecule has 0 saturated heterocycles. The average Bonchev–Trinajstić information content (AvgIpc) is 2.23. The molecule has 1 aliphatic rings. The number of carbonyl (C=O) groups is 1. The molecule has 1 heterocycles. The van der Waals surface area contributed by atoms with Crippen LogP contribution in [0.15, 0.2) is 12.1 Å². The lowest BCUT2D eigenvalue weighted by Crippen LogP contribution is -2.30. The molecule has 0 bridgehead atoms. The maximum Gasteiger partial charge on any atom is 0.141 e. The van der Waals surface area contributed by atoms with Crippen LogP contribution >= 0.6 is 0 Å². The van der Waals surface area contributed by atoms with Crippen LogP contribution < -0.4 is 5.32 Å². The van der Waals surface area contributed by atoms with Crippen LogP contribution in [0.2, 0.25) is 0 Å². The second-order valence-electron chi connectivity index (χ2n) is 3.62. The first-order valence-corrected chi connectivity index (χ1v) is 4.74. The maximum absolute atomic E-state index is 10.8. The standard InChI is InChI=1S/C11H13NO2/c1-7-2-3-8-9(11(7)14)4-5-12-10(8)6-13/h2-3,6,10,12,14H,4-5H2,1H3. The third kappa shape index (κ3) is 1.30. The van der Waals surface area contributed by atoms with E-state index in [0.29, 0.717) is 5.75 Å². The zero-order chi connectivity index (χ0) is 10.1. The number of aldehydes is 1. The van der Waals surface area contributed by atoms with Gasteiger partial charge in [0.25, 0.3) is 0 Å². The van der Waals surface area contributed by atoms with Crippen molar-refractivity contribution >= 4 is 6.29 Å². The van der Waals surface area contributed by atoms with Crippen LogP contribution in [0.1, 0.15) is 22.7 Å². The molecule has 14 heavy (non-hydrogen) atoms. The lowest BCUT2D eigenvalue weighted by Gasteiger charge is -2.24. The Morgan fingerprint density at radius 1 is 1.57 bits per heavy atom. The molecule has 0 saturated carbocycles. The van der Waals surface area contributed by atoms with E-state index in [0.717, 1.165) is 35.9 Å². The van der Waals surface area contributed by atoms with Crippen molar-refractivity contribution in [2.45, 2.75) is 19.4 Å². The van der Waals surface area contributed by atoms with Crippen LogP contribution in [0.4, 0.5) is 0 Å². The highest BCUT2D eigenvalue weighted by atomic mass is 16.3. The lowest BCUT2D eigenvalue weighted by molar-refractivity contribution is -0.109. The molecule has 0 fully saturated rings. The molecule has 1 aromatic carbocycles. The smallest absolute Gasteiger partial charge is 0.141 e. The zero-order valence-corrected chi connectivity index (χ0v) is 8.08. The molecule has 2 rings (SSSR count). The van der Waals surface area contributed by atoms with Gasteiger partial charge in [-0.15, -0.1) is 0 Å². The van der Waals surface area contributed by atoms with Crippen LogP contribution in [0.25, 0.3) is 0 Å². The number of fused-ring (bicyclic) bond motifs is 1. The largest absolute Gasteiger partial charge is 0.507 e. The summed E-state index contributed by atoms with van der Waals surface area (Å²) in [6.45, 7) is 2.61. The Bertz CT molecular complexity index is 374. The van der Waals surface area contributed by atoms with E-state index in [-0.39, 0.29) is 6.04 Å². The fourth-order valence-corrected chi connectivity index (χ4v) is 1.91. The van der Waals surface area contributed by atoms with Gasteiger partial charge in [0.15, 0.2) is 0 Å². The van der Waals surface area contributed by atoms with E-state index < -0.39 is 0 Å². The molecule has 1 unspecified atom stereocenters.